The standard InChI is InChI=1S/C11H11N3O3/c15-11(14-5-1-2-6-14)10-13-12-9(17-10)8-4-3-7-16-8/h3-4,7H,1-2,5-6H2. The van der Waals surface area contributed by atoms with E-state index >= 15 is 0 Å². The second kappa shape index (κ2) is 4.04. The third-order valence-electron chi connectivity index (χ3n) is 2.73. The zero-order valence-corrected chi connectivity index (χ0v) is 9.13. The summed E-state index contributed by atoms with van der Waals surface area (Å²) in [6, 6.07) is 3.43. The van der Waals surface area contributed by atoms with Crippen LogP contribution in [0.5, 0.6) is 0 Å². The summed E-state index contributed by atoms with van der Waals surface area (Å²) in [7, 11) is 0. The molecule has 3 rings (SSSR count). The largest absolute Gasteiger partial charge is 0.459 e. The smallest absolute Gasteiger partial charge is 0.311 e. The number of aromatic nitrogens is 2. The van der Waals surface area contributed by atoms with Crippen LogP contribution in [0.15, 0.2) is 27.2 Å². The highest BCUT2D eigenvalue weighted by molar-refractivity contribution is 5.89. The highest BCUT2D eigenvalue weighted by Crippen LogP contribution is 2.19. The normalized spacial score (nSPS) is 15.4. The Kier molecular flexibility index (Phi) is 2.40. The van der Waals surface area contributed by atoms with Crippen LogP contribution in [0.3, 0.4) is 0 Å². The van der Waals surface area contributed by atoms with Gasteiger partial charge in [0.25, 0.3) is 5.89 Å². The topological polar surface area (TPSA) is 72.4 Å². The third-order valence-corrected chi connectivity index (χ3v) is 2.73. The van der Waals surface area contributed by atoms with E-state index in [9.17, 15) is 4.79 Å². The van der Waals surface area contributed by atoms with Gasteiger partial charge in [0.05, 0.1) is 6.26 Å². The Morgan fingerprint density at radius 1 is 1.29 bits per heavy atom. The Morgan fingerprint density at radius 2 is 2.12 bits per heavy atom. The van der Waals surface area contributed by atoms with Crippen molar-refractivity contribution in [2.24, 2.45) is 0 Å². The Hall–Kier alpha value is -2.11. The first kappa shape index (κ1) is 10.1. The van der Waals surface area contributed by atoms with Gasteiger partial charge in [-0.05, 0) is 25.0 Å². The number of furan rings is 1. The molecule has 6 nitrogen and oxygen atoms in total. The Balaban J connectivity index is 1.82. The molecule has 0 saturated carbocycles. The Morgan fingerprint density at radius 3 is 2.82 bits per heavy atom. The van der Waals surface area contributed by atoms with E-state index in [4.69, 9.17) is 8.83 Å². The number of carbonyl (C=O) groups is 1. The first-order chi connectivity index (χ1) is 8.34. The van der Waals surface area contributed by atoms with Crippen molar-refractivity contribution in [3.8, 4) is 11.7 Å². The van der Waals surface area contributed by atoms with Crippen molar-refractivity contribution in [1.82, 2.24) is 15.1 Å². The van der Waals surface area contributed by atoms with Crippen LogP contribution in [-0.4, -0.2) is 34.1 Å². The fraction of sp³-hybridized carbons (Fsp3) is 0.364. The highest BCUT2D eigenvalue weighted by Gasteiger charge is 2.25. The van der Waals surface area contributed by atoms with Crippen molar-refractivity contribution in [1.29, 1.82) is 0 Å². The van der Waals surface area contributed by atoms with Crippen LogP contribution < -0.4 is 0 Å². The van der Waals surface area contributed by atoms with Crippen molar-refractivity contribution < 1.29 is 13.6 Å². The fourth-order valence-electron chi connectivity index (χ4n) is 1.86. The monoisotopic (exact) mass is 233 g/mol. The number of rotatable bonds is 2. The molecule has 0 aromatic carbocycles. The van der Waals surface area contributed by atoms with Crippen LogP contribution >= 0.6 is 0 Å². The average molecular weight is 233 g/mol. The molecule has 2 aromatic heterocycles. The van der Waals surface area contributed by atoms with Gasteiger partial charge in [-0.3, -0.25) is 4.79 Å². The molecular formula is C11H11N3O3. The maximum atomic E-state index is 11.9. The molecule has 0 aliphatic carbocycles. The molecule has 0 radical (unpaired) electrons. The van der Waals surface area contributed by atoms with E-state index < -0.39 is 0 Å². The molecule has 0 N–H and O–H groups in total. The summed E-state index contributed by atoms with van der Waals surface area (Å²) in [5.74, 6) is 0.529. The molecule has 0 spiro atoms. The van der Waals surface area contributed by atoms with Crippen molar-refractivity contribution in [2.75, 3.05) is 13.1 Å². The SMILES string of the molecule is O=C(c1nnc(-c2ccco2)o1)N1CCCC1. The van der Waals surface area contributed by atoms with Gasteiger partial charge in [-0.2, -0.15) is 0 Å². The molecule has 0 atom stereocenters. The van der Waals surface area contributed by atoms with Crippen molar-refractivity contribution in [3.63, 3.8) is 0 Å². The van der Waals surface area contributed by atoms with E-state index in [-0.39, 0.29) is 17.7 Å². The predicted molar refractivity (Wildman–Crippen MR) is 57.1 cm³/mol. The van der Waals surface area contributed by atoms with E-state index in [1.165, 1.54) is 6.26 Å². The van der Waals surface area contributed by atoms with Crippen molar-refractivity contribution in [2.45, 2.75) is 12.8 Å². The summed E-state index contributed by atoms with van der Waals surface area (Å²) in [4.78, 5) is 13.7. The predicted octanol–water partition coefficient (Wildman–Crippen LogP) is 1.57. The van der Waals surface area contributed by atoms with E-state index in [0.717, 1.165) is 25.9 Å². The van der Waals surface area contributed by atoms with Crippen LogP contribution in [0, 0.1) is 0 Å². The van der Waals surface area contributed by atoms with Crippen LogP contribution in [-0.2, 0) is 0 Å². The van der Waals surface area contributed by atoms with E-state index in [1.54, 1.807) is 17.0 Å². The molecule has 1 aliphatic rings. The number of likely N-dealkylation sites (tertiary alicyclic amines) is 1. The van der Waals surface area contributed by atoms with Crippen LogP contribution in [0.1, 0.15) is 23.5 Å². The van der Waals surface area contributed by atoms with Crippen LogP contribution in [0.25, 0.3) is 11.7 Å². The van der Waals surface area contributed by atoms with E-state index in [2.05, 4.69) is 10.2 Å². The fourth-order valence-corrected chi connectivity index (χ4v) is 1.86. The minimum atomic E-state index is -0.201. The van der Waals surface area contributed by atoms with Crippen LogP contribution in [0.4, 0.5) is 0 Å². The van der Waals surface area contributed by atoms with Gasteiger partial charge < -0.3 is 13.7 Å². The molecule has 1 saturated heterocycles. The molecule has 0 unspecified atom stereocenters. The zero-order chi connectivity index (χ0) is 11.7. The molecule has 1 aliphatic heterocycles. The molecule has 17 heavy (non-hydrogen) atoms. The van der Waals surface area contributed by atoms with Gasteiger partial charge >= 0.3 is 11.8 Å². The van der Waals surface area contributed by atoms with E-state index in [1.807, 2.05) is 0 Å². The Bertz CT molecular complexity index is 512. The van der Waals surface area contributed by atoms with E-state index in [0.29, 0.717) is 5.76 Å². The minimum Gasteiger partial charge on any atom is -0.459 e. The molecule has 6 heteroatoms. The molecule has 0 bridgehead atoms. The second-order valence-corrected chi connectivity index (χ2v) is 3.89. The first-order valence-corrected chi connectivity index (χ1v) is 5.51. The lowest BCUT2D eigenvalue weighted by molar-refractivity contribution is 0.0754. The molecule has 1 amide bonds. The number of hydrogen-bond donors (Lipinski definition) is 0. The number of nitrogens with zero attached hydrogens (tertiary/aromatic N) is 3. The summed E-state index contributed by atoms with van der Waals surface area (Å²) in [5, 5.41) is 7.54. The van der Waals surface area contributed by atoms with Gasteiger partial charge in [0, 0.05) is 13.1 Å². The summed E-state index contributed by atoms with van der Waals surface area (Å²) in [5.41, 5.74) is 0. The lowest BCUT2D eigenvalue weighted by Gasteiger charge is -2.11. The molecular weight excluding hydrogens is 222 g/mol. The lowest BCUT2D eigenvalue weighted by Crippen LogP contribution is -2.27. The van der Waals surface area contributed by atoms with Gasteiger partial charge in [0.1, 0.15) is 0 Å². The third kappa shape index (κ3) is 1.82. The Labute approximate surface area is 97.2 Å². The number of hydrogen-bond acceptors (Lipinski definition) is 5. The molecule has 88 valence electrons. The molecule has 3 heterocycles. The molecule has 2 aromatic rings. The van der Waals surface area contributed by atoms with Gasteiger partial charge in [-0.25, -0.2) is 0 Å². The summed E-state index contributed by atoms with van der Waals surface area (Å²) >= 11 is 0. The summed E-state index contributed by atoms with van der Waals surface area (Å²) < 4.78 is 10.4. The quantitative estimate of drug-likeness (QED) is 0.787. The zero-order valence-electron chi connectivity index (χ0n) is 9.13. The van der Waals surface area contributed by atoms with Gasteiger partial charge in [0.2, 0.25) is 0 Å². The first-order valence-electron chi connectivity index (χ1n) is 5.51. The van der Waals surface area contributed by atoms with Crippen LogP contribution in [0.2, 0.25) is 0 Å². The second-order valence-electron chi connectivity index (χ2n) is 3.89. The number of amides is 1. The maximum Gasteiger partial charge on any atom is 0.311 e. The van der Waals surface area contributed by atoms with Gasteiger partial charge in [0.15, 0.2) is 5.76 Å². The summed E-state index contributed by atoms with van der Waals surface area (Å²) in [6.45, 7) is 1.52. The van der Waals surface area contributed by atoms with Crippen molar-refractivity contribution >= 4 is 5.91 Å². The van der Waals surface area contributed by atoms with Gasteiger partial charge in [-0.1, -0.05) is 0 Å². The highest BCUT2D eigenvalue weighted by atomic mass is 16.4. The minimum absolute atomic E-state index is 0.0262. The van der Waals surface area contributed by atoms with Gasteiger partial charge in [-0.15, -0.1) is 10.2 Å². The lowest BCUT2D eigenvalue weighted by atomic mass is 10.4. The average Bonchev–Trinajstić information content (AvgIpc) is 3.09. The molecule has 1 fully saturated rings. The summed E-state index contributed by atoms with van der Waals surface area (Å²) in [6.07, 6.45) is 3.58. The number of carbonyl (C=O) groups excluding carboxylic acids is 1. The maximum absolute atomic E-state index is 11.9. The van der Waals surface area contributed by atoms with Crippen molar-refractivity contribution in [3.05, 3.63) is 24.3 Å².